The van der Waals surface area contributed by atoms with Gasteiger partial charge in [-0.2, -0.15) is 0 Å². The third kappa shape index (κ3) is 4.59. The molecule has 1 unspecified atom stereocenters. The molecule has 0 saturated carbocycles. The van der Waals surface area contributed by atoms with E-state index in [1.165, 1.54) is 0 Å². The molecule has 0 bridgehead atoms. The molecule has 6 nitrogen and oxygen atoms in total. The van der Waals surface area contributed by atoms with Crippen LogP contribution >= 0.6 is 0 Å². The number of oxazole rings is 1. The van der Waals surface area contributed by atoms with Crippen molar-refractivity contribution < 1.29 is 8.83 Å². The molecule has 1 atom stereocenters. The second-order valence-corrected chi connectivity index (χ2v) is 11.4. The average molecular weight is 595 g/mol. The van der Waals surface area contributed by atoms with Crippen molar-refractivity contribution in [2.75, 3.05) is 0 Å². The summed E-state index contributed by atoms with van der Waals surface area (Å²) in [6.07, 6.45) is 9.26. The predicted octanol–water partition coefficient (Wildman–Crippen LogP) is 10.2. The van der Waals surface area contributed by atoms with Gasteiger partial charge < -0.3 is 8.83 Å². The Balaban J connectivity index is 1.15. The van der Waals surface area contributed by atoms with Gasteiger partial charge in [-0.05, 0) is 60.0 Å². The minimum atomic E-state index is 0.0807. The topological polar surface area (TPSA) is 77.8 Å². The molecule has 3 heterocycles. The zero-order valence-corrected chi connectivity index (χ0v) is 24.7. The molecule has 0 fully saturated rings. The van der Waals surface area contributed by atoms with Crippen LogP contribution < -0.4 is 0 Å². The molecule has 0 saturated heterocycles. The Morgan fingerprint density at radius 1 is 0.543 bits per heavy atom. The monoisotopic (exact) mass is 594 g/mol. The third-order valence-corrected chi connectivity index (χ3v) is 8.48. The molecule has 0 amide bonds. The Kier molecular flexibility index (Phi) is 6.16. The fraction of sp³-hybridized carbons (Fsp3) is 0.0500. The normalized spacial score (nSPS) is 14.5. The van der Waals surface area contributed by atoms with Gasteiger partial charge in [0.2, 0.25) is 5.89 Å². The van der Waals surface area contributed by atoms with Gasteiger partial charge in [-0.15, -0.1) is 0 Å². The Hall–Kier alpha value is -6.14. The van der Waals surface area contributed by atoms with E-state index in [-0.39, 0.29) is 5.92 Å². The van der Waals surface area contributed by atoms with Crippen molar-refractivity contribution in [3.05, 3.63) is 145 Å². The second-order valence-electron chi connectivity index (χ2n) is 11.4. The van der Waals surface area contributed by atoms with E-state index in [1.807, 2.05) is 84.9 Å². The van der Waals surface area contributed by atoms with Crippen molar-refractivity contribution >= 4 is 33.0 Å². The molecule has 0 N–H and O–H groups in total. The highest BCUT2D eigenvalue weighted by Gasteiger charge is 2.20. The van der Waals surface area contributed by atoms with Crippen LogP contribution in [0.25, 0.3) is 78.4 Å². The molecule has 1 aliphatic carbocycles. The van der Waals surface area contributed by atoms with Gasteiger partial charge in [0.1, 0.15) is 22.5 Å². The van der Waals surface area contributed by atoms with E-state index in [9.17, 15) is 0 Å². The lowest BCUT2D eigenvalue weighted by Crippen LogP contribution is -2.07. The number of nitrogens with zero attached hydrogens (tertiary/aromatic N) is 4. The minimum Gasteiger partial charge on any atom is -0.455 e. The maximum atomic E-state index is 6.62. The van der Waals surface area contributed by atoms with Gasteiger partial charge in [-0.1, -0.05) is 97.1 Å². The Morgan fingerprint density at radius 2 is 1.30 bits per heavy atom. The molecule has 6 heteroatoms. The summed E-state index contributed by atoms with van der Waals surface area (Å²) in [5.41, 5.74) is 7.90. The first-order valence-corrected chi connectivity index (χ1v) is 15.3. The molecule has 0 spiro atoms. The van der Waals surface area contributed by atoms with E-state index in [0.29, 0.717) is 17.5 Å². The van der Waals surface area contributed by atoms with Crippen LogP contribution in [0.5, 0.6) is 0 Å². The van der Waals surface area contributed by atoms with E-state index in [4.69, 9.17) is 23.8 Å². The first kappa shape index (κ1) is 26.3. The van der Waals surface area contributed by atoms with Gasteiger partial charge in [0, 0.05) is 27.8 Å². The summed E-state index contributed by atoms with van der Waals surface area (Å²) in [6.45, 7) is 0. The number of allylic oxidation sites excluding steroid dienone is 4. The summed E-state index contributed by atoms with van der Waals surface area (Å²) in [5.74, 6) is 2.69. The van der Waals surface area contributed by atoms with Crippen LogP contribution in [0, 0.1) is 0 Å². The number of rotatable bonds is 5. The molecular weight excluding hydrogens is 568 g/mol. The SMILES string of the molecule is C1=CCC(c2nc(-c3ccccc3)nc(-c3cccc4c3oc3cc(-c5ccc6nc(-c7ccccc7)oc6c5)ccc34)n2)C=C1. The van der Waals surface area contributed by atoms with Crippen molar-refractivity contribution in [3.63, 3.8) is 0 Å². The van der Waals surface area contributed by atoms with Gasteiger partial charge >= 0.3 is 0 Å². The smallest absolute Gasteiger partial charge is 0.227 e. The van der Waals surface area contributed by atoms with Crippen LogP contribution in [0.1, 0.15) is 18.2 Å². The number of hydrogen-bond acceptors (Lipinski definition) is 6. The van der Waals surface area contributed by atoms with Crippen LogP contribution in [-0.4, -0.2) is 19.9 Å². The molecule has 218 valence electrons. The van der Waals surface area contributed by atoms with Crippen molar-refractivity contribution in [1.82, 2.24) is 19.9 Å². The maximum absolute atomic E-state index is 6.62. The van der Waals surface area contributed by atoms with Gasteiger partial charge in [0.05, 0.1) is 5.56 Å². The van der Waals surface area contributed by atoms with Crippen molar-refractivity contribution in [2.24, 2.45) is 0 Å². The zero-order chi connectivity index (χ0) is 30.5. The molecule has 9 rings (SSSR count). The number of aromatic nitrogens is 4. The van der Waals surface area contributed by atoms with Crippen molar-refractivity contribution in [1.29, 1.82) is 0 Å². The number of benzene rings is 5. The number of fused-ring (bicyclic) bond motifs is 4. The van der Waals surface area contributed by atoms with Crippen molar-refractivity contribution in [3.8, 4) is 45.4 Å². The molecule has 8 aromatic rings. The summed E-state index contributed by atoms with van der Waals surface area (Å²) >= 11 is 0. The first-order chi connectivity index (χ1) is 22.8. The van der Waals surface area contributed by atoms with E-state index in [1.54, 1.807) is 0 Å². The summed E-state index contributed by atoms with van der Waals surface area (Å²) < 4.78 is 12.8. The highest BCUT2D eigenvalue weighted by atomic mass is 16.3. The van der Waals surface area contributed by atoms with Gasteiger partial charge in [-0.3, -0.25) is 0 Å². The number of hydrogen-bond donors (Lipinski definition) is 0. The van der Waals surface area contributed by atoms with E-state index in [0.717, 1.165) is 73.1 Å². The Morgan fingerprint density at radius 3 is 2.11 bits per heavy atom. The maximum Gasteiger partial charge on any atom is 0.227 e. The van der Waals surface area contributed by atoms with Crippen LogP contribution in [0.15, 0.2) is 148 Å². The van der Waals surface area contributed by atoms with Gasteiger partial charge in [0.15, 0.2) is 17.2 Å². The standard InChI is InChI=1S/C40H26N4O2/c1-4-11-25(12-5-1)37-42-38(26-13-6-2-7-14-26)44-39(43-37)32-18-10-17-31-30-21-19-28(23-34(30)45-36(31)32)29-20-22-33-35(24-29)46-40(41-33)27-15-8-3-9-16-27/h1-13,15-24,26H,14H2. The Labute approximate surface area is 264 Å². The van der Waals surface area contributed by atoms with Crippen LogP contribution in [0.4, 0.5) is 0 Å². The quantitative estimate of drug-likeness (QED) is 0.197. The van der Waals surface area contributed by atoms with Crippen LogP contribution in [0.3, 0.4) is 0 Å². The summed E-state index contributed by atoms with van der Waals surface area (Å²) in [4.78, 5) is 19.6. The van der Waals surface area contributed by atoms with Gasteiger partial charge in [-0.25, -0.2) is 19.9 Å². The number of furan rings is 1. The van der Waals surface area contributed by atoms with Crippen LogP contribution in [0.2, 0.25) is 0 Å². The summed E-state index contributed by atoms with van der Waals surface area (Å²) in [7, 11) is 0. The van der Waals surface area contributed by atoms with Crippen LogP contribution in [-0.2, 0) is 0 Å². The lowest BCUT2D eigenvalue weighted by molar-refractivity contribution is 0.620. The molecular formula is C40H26N4O2. The van der Waals surface area contributed by atoms with E-state index < -0.39 is 0 Å². The molecule has 0 aliphatic heterocycles. The fourth-order valence-electron chi connectivity index (χ4n) is 6.13. The Bertz CT molecular complexity index is 2460. The molecule has 5 aromatic carbocycles. The lowest BCUT2D eigenvalue weighted by Gasteiger charge is -2.14. The molecule has 1 aliphatic rings. The largest absolute Gasteiger partial charge is 0.455 e. The molecule has 46 heavy (non-hydrogen) atoms. The molecule has 0 radical (unpaired) electrons. The van der Waals surface area contributed by atoms with Crippen molar-refractivity contribution in [2.45, 2.75) is 12.3 Å². The third-order valence-electron chi connectivity index (χ3n) is 8.48. The van der Waals surface area contributed by atoms with Gasteiger partial charge in [0.25, 0.3) is 0 Å². The highest BCUT2D eigenvalue weighted by molar-refractivity contribution is 6.10. The first-order valence-electron chi connectivity index (χ1n) is 15.3. The second kappa shape index (κ2) is 10.8. The average Bonchev–Trinajstić information content (AvgIpc) is 3.73. The van der Waals surface area contributed by atoms with E-state index >= 15 is 0 Å². The number of para-hydroxylation sites is 1. The zero-order valence-electron chi connectivity index (χ0n) is 24.7. The summed E-state index contributed by atoms with van der Waals surface area (Å²) in [5, 5.41) is 2.05. The highest BCUT2D eigenvalue weighted by Crippen LogP contribution is 2.38. The minimum absolute atomic E-state index is 0.0807. The fourth-order valence-corrected chi connectivity index (χ4v) is 6.13. The molecule has 3 aromatic heterocycles. The van der Waals surface area contributed by atoms with E-state index in [2.05, 4.69) is 59.6 Å². The lowest BCUT2D eigenvalue weighted by atomic mass is 10.00. The predicted molar refractivity (Wildman–Crippen MR) is 182 cm³/mol. The summed E-state index contributed by atoms with van der Waals surface area (Å²) in [6, 6.07) is 38.6.